The van der Waals surface area contributed by atoms with Crippen LogP contribution in [0.2, 0.25) is 0 Å². The van der Waals surface area contributed by atoms with E-state index in [2.05, 4.69) is 31.8 Å². The van der Waals surface area contributed by atoms with E-state index in [1.54, 1.807) is 0 Å². The zero-order valence-electron chi connectivity index (χ0n) is 10.4. The summed E-state index contributed by atoms with van der Waals surface area (Å²) in [5.41, 5.74) is 0. The van der Waals surface area contributed by atoms with E-state index in [4.69, 9.17) is 0 Å². The van der Waals surface area contributed by atoms with Crippen molar-refractivity contribution in [2.75, 3.05) is 24.6 Å². The van der Waals surface area contributed by atoms with Gasteiger partial charge in [0.15, 0.2) is 5.82 Å². The Morgan fingerprint density at radius 2 is 2.12 bits per heavy atom. The highest BCUT2D eigenvalue weighted by Crippen LogP contribution is 2.30. The maximum absolute atomic E-state index is 4.47. The van der Waals surface area contributed by atoms with Crippen molar-refractivity contribution in [2.45, 2.75) is 38.1 Å². The predicted molar refractivity (Wildman–Crippen MR) is 70.4 cm³/mol. The number of rotatable bonds is 2. The second-order valence-corrected chi connectivity index (χ2v) is 6.26. The van der Waals surface area contributed by atoms with Gasteiger partial charge in [-0.1, -0.05) is 0 Å². The summed E-state index contributed by atoms with van der Waals surface area (Å²) in [4.78, 5) is 7.14. The third-order valence-corrected chi connectivity index (χ3v) is 5.08. The number of hydrogen-bond donors (Lipinski definition) is 1. The molecule has 3 rings (SSSR count). The molecule has 0 aliphatic carbocycles. The fourth-order valence-corrected chi connectivity index (χ4v) is 4.13. The number of aromatic amines is 1. The summed E-state index contributed by atoms with van der Waals surface area (Å²) in [6.45, 7) is 4.42. The molecule has 2 fully saturated rings. The van der Waals surface area contributed by atoms with Gasteiger partial charge in [-0.2, -0.15) is 16.9 Å². The van der Waals surface area contributed by atoms with E-state index in [0.29, 0.717) is 5.92 Å². The number of likely N-dealkylation sites (tertiary alicyclic amines) is 1. The molecule has 2 saturated heterocycles. The fourth-order valence-electron chi connectivity index (χ4n) is 2.88. The molecule has 5 heteroatoms. The summed E-state index contributed by atoms with van der Waals surface area (Å²) in [6, 6.07) is 0.842. The Morgan fingerprint density at radius 3 is 2.71 bits per heavy atom. The van der Waals surface area contributed by atoms with E-state index in [-0.39, 0.29) is 0 Å². The molecule has 0 amide bonds. The van der Waals surface area contributed by atoms with Gasteiger partial charge in [0.1, 0.15) is 5.82 Å². The second-order valence-electron chi connectivity index (χ2n) is 5.11. The first-order valence-corrected chi connectivity index (χ1v) is 7.69. The summed E-state index contributed by atoms with van der Waals surface area (Å²) in [6.07, 6.45) is 3.83. The van der Waals surface area contributed by atoms with Gasteiger partial charge in [0.2, 0.25) is 0 Å². The molecule has 1 aromatic heterocycles. The summed E-state index contributed by atoms with van der Waals surface area (Å²) in [5, 5.41) is 7.26. The van der Waals surface area contributed by atoms with Crippen LogP contribution in [0.4, 0.5) is 0 Å². The number of thioether (sulfide) groups is 1. The molecule has 1 N–H and O–H groups in total. The molecule has 1 atom stereocenters. The molecule has 0 spiro atoms. The van der Waals surface area contributed by atoms with E-state index in [0.717, 1.165) is 17.7 Å². The minimum absolute atomic E-state index is 0.574. The van der Waals surface area contributed by atoms with E-state index in [1.165, 1.54) is 43.9 Å². The molecule has 4 nitrogen and oxygen atoms in total. The van der Waals surface area contributed by atoms with Crippen molar-refractivity contribution >= 4 is 11.8 Å². The van der Waals surface area contributed by atoms with Crippen molar-refractivity contribution in [2.24, 2.45) is 0 Å². The number of piperidine rings is 1. The lowest BCUT2D eigenvalue weighted by Gasteiger charge is -2.34. The van der Waals surface area contributed by atoms with Crippen LogP contribution in [0.3, 0.4) is 0 Å². The van der Waals surface area contributed by atoms with Gasteiger partial charge in [-0.05, 0) is 45.0 Å². The molecule has 0 aromatic carbocycles. The fraction of sp³-hybridized carbons (Fsp3) is 0.833. The number of aromatic nitrogens is 3. The van der Waals surface area contributed by atoms with Crippen molar-refractivity contribution in [3.05, 3.63) is 11.6 Å². The van der Waals surface area contributed by atoms with Gasteiger partial charge in [-0.25, -0.2) is 4.98 Å². The third-order valence-electron chi connectivity index (χ3n) is 3.93. The van der Waals surface area contributed by atoms with Crippen LogP contribution in [-0.2, 0) is 0 Å². The number of nitrogens with one attached hydrogen (secondary N) is 1. The molecule has 0 saturated carbocycles. The Bertz CT molecular complexity index is 364. The lowest BCUT2D eigenvalue weighted by molar-refractivity contribution is 0.163. The van der Waals surface area contributed by atoms with Gasteiger partial charge in [0, 0.05) is 17.7 Å². The number of H-pyrrole nitrogens is 1. The van der Waals surface area contributed by atoms with Gasteiger partial charge < -0.3 is 0 Å². The maximum atomic E-state index is 4.47. The zero-order valence-corrected chi connectivity index (χ0v) is 11.2. The molecular formula is C12H20N4S. The van der Waals surface area contributed by atoms with Crippen molar-refractivity contribution < 1.29 is 0 Å². The minimum Gasteiger partial charge on any atom is -0.299 e. The van der Waals surface area contributed by atoms with E-state index >= 15 is 0 Å². The van der Waals surface area contributed by atoms with Gasteiger partial charge in [-0.3, -0.25) is 10.00 Å². The Hall–Kier alpha value is -0.550. The Labute approximate surface area is 107 Å². The quantitative estimate of drug-likeness (QED) is 0.871. The monoisotopic (exact) mass is 252 g/mol. The van der Waals surface area contributed by atoms with Crippen LogP contribution in [-0.4, -0.2) is 50.7 Å². The van der Waals surface area contributed by atoms with Crippen LogP contribution in [0.5, 0.6) is 0 Å². The Balaban J connectivity index is 1.56. The van der Waals surface area contributed by atoms with Crippen LogP contribution in [0.1, 0.15) is 36.8 Å². The maximum Gasteiger partial charge on any atom is 0.153 e. The summed E-state index contributed by atoms with van der Waals surface area (Å²) in [7, 11) is 0. The predicted octanol–water partition coefficient (Wildman–Crippen LogP) is 1.80. The lowest BCUT2D eigenvalue weighted by Crippen LogP contribution is -2.41. The summed E-state index contributed by atoms with van der Waals surface area (Å²) < 4.78 is 0. The molecule has 0 bridgehead atoms. The SMILES string of the molecule is Cc1nc(C2CCN([C@@H]3CCSC3)CC2)n[nH]1. The normalized spacial score (nSPS) is 27.7. The highest BCUT2D eigenvalue weighted by atomic mass is 32.2. The first-order chi connectivity index (χ1) is 8.33. The number of hydrogen-bond acceptors (Lipinski definition) is 4. The lowest BCUT2D eigenvalue weighted by atomic mass is 9.95. The molecule has 94 valence electrons. The highest BCUT2D eigenvalue weighted by molar-refractivity contribution is 7.99. The van der Waals surface area contributed by atoms with Crippen molar-refractivity contribution in [3.8, 4) is 0 Å². The average Bonchev–Trinajstić information content (AvgIpc) is 3.00. The van der Waals surface area contributed by atoms with Crippen LogP contribution >= 0.6 is 11.8 Å². The third kappa shape index (κ3) is 2.50. The Kier molecular flexibility index (Phi) is 3.38. The standard InChI is InChI=1S/C12H20N4S/c1-9-13-12(15-14-9)10-2-5-16(6-3-10)11-4-7-17-8-11/h10-11H,2-8H2,1H3,(H,13,14,15)/t11-/m1/s1. The van der Waals surface area contributed by atoms with Gasteiger partial charge in [-0.15, -0.1) is 0 Å². The van der Waals surface area contributed by atoms with Crippen LogP contribution in [0.15, 0.2) is 0 Å². The first-order valence-electron chi connectivity index (χ1n) is 6.53. The van der Waals surface area contributed by atoms with Gasteiger partial charge >= 0.3 is 0 Å². The molecular weight excluding hydrogens is 232 g/mol. The van der Waals surface area contributed by atoms with Crippen molar-refractivity contribution in [1.82, 2.24) is 20.1 Å². The smallest absolute Gasteiger partial charge is 0.153 e. The molecule has 3 heterocycles. The van der Waals surface area contributed by atoms with Crippen LogP contribution < -0.4 is 0 Å². The van der Waals surface area contributed by atoms with E-state index in [1.807, 2.05) is 6.92 Å². The highest BCUT2D eigenvalue weighted by Gasteiger charge is 2.29. The molecule has 1 aromatic rings. The van der Waals surface area contributed by atoms with Crippen molar-refractivity contribution in [1.29, 1.82) is 0 Å². The summed E-state index contributed by atoms with van der Waals surface area (Å²) in [5.74, 6) is 5.23. The van der Waals surface area contributed by atoms with E-state index < -0.39 is 0 Å². The Morgan fingerprint density at radius 1 is 1.29 bits per heavy atom. The zero-order chi connectivity index (χ0) is 11.7. The number of aryl methyl sites for hydroxylation is 1. The average molecular weight is 252 g/mol. The molecule has 0 unspecified atom stereocenters. The van der Waals surface area contributed by atoms with E-state index in [9.17, 15) is 0 Å². The number of nitrogens with zero attached hydrogens (tertiary/aromatic N) is 3. The summed E-state index contributed by atoms with van der Waals surface area (Å²) >= 11 is 2.10. The molecule has 17 heavy (non-hydrogen) atoms. The van der Waals surface area contributed by atoms with Crippen molar-refractivity contribution in [3.63, 3.8) is 0 Å². The molecule has 0 radical (unpaired) electrons. The van der Waals surface area contributed by atoms with Gasteiger partial charge in [0.05, 0.1) is 0 Å². The van der Waals surface area contributed by atoms with Crippen LogP contribution in [0, 0.1) is 6.92 Å². The molecule has 2 aliphatic rings. The largest absolute Gasteiger partial charge is 0.299 e. The first kappa shape index (κ1) is 11.5. The van der Waals surface area contributed by atoms with Gasteiger partial charge in [0.25, 0.3) is 0 Å². The topological polar surface area (TPSA) is 44.8 Å². The minimum atomic E-state index is 0.574. The molecule has 2 aliphatic heterocycles. The van der Waals surface area contributed by atoms with Crippen LogP contribution in [0.25, 0.3) is 0 Å². The second kappa shape index (κ2) is 4.98.